The summed E-state index contributed by atoms with van der Waals surface area (Å²) in [5.74, 6) is 0. The van der Waals surface area contributed by atoms with Crippen LogP contribution in [0.15, 0.2) is 13.6 Å². The van der Waals surface area contributed by atoms with Gasteiger partial charge < -0.3 is 4.90 Å². The van der Waals surface area contributed by atoms with Gasteiger partial charge in [0.05, 0.1) is 7.57 Å². The van der Waals surface area contributed by atoms with Gasteiger partial charge in [-0.15, -0.1) is 11.3 Å². The predicted octanol–water partition coefficient (Wildman–Crippen LogP) is 3.33. The van der Waals surface area contributed by atoms with Gasteiger partial charge in [-0.1, -0.05) is 0 Å². The van der Waals surface area contributed by atoms with Crippen LogP contribution in [-0.4, -0.2) is 19.0 Å². The summed E-state index contributed by atoms with van der Waals surface area (Å²) in [7, 11) is 4.13. The highest BCUT2D eigenvalue weighted by Crippen LogP contribution is 2.32. The molecule has 0 spiro atoms. The molecule has 0 aliphatic carbocycles. The van der Waals surface area contributed by atoms with Gasteiger partial charge in [0.15, 0.2) is 0 Å². The van der Waals surface area contributed by atoms with Crippen LogP contribution in [0.1, 0.15) is 5.56 Å². The molecule has 11 heavy (non-hydrogen) atoms. The van der Waals surface area contributed by atoms with E-state index in [-0.39, 0.29) is 0 Å². The van der Waals surface area contributed by atoms with Crippen molar-refractivity contribution in [3.8, 4) is 0 Å². The average Bonchev–Trinajstić information content (AvgIpc) is 2.09. The topological polar surface area (TPSA) is 3.24 Å². The van der Waals surface area contributed by atoms with Gasteiger partial charge in [0.2, 0.25) is 0 Å². The molecule has 0 aromatic carbocycles. The van der Waals surface area contributed by atoms with Crippen LogP contribution in [0.5, 0.6) is 0 Å². The molecule has 4 heteroatoms. The van der Waals surface area contributed by atoms with E-state index in [4.69, 9.17) is 0 Å². The molecule has 0 bridgehead atoms. The Morgan fingerprint density at radius 1 is 1.45 bits per heavy atom. The Morgan fingerprint density at radius 2 is 2.09 bits per heavy atom. The summed E-state index contributed by atoms with van der Waals surface area (Å²) in [5, 5.41) is 0. The van der Waals surface area contributed by atoms with E-state index in [1.54, 1.807) is 11.3 Å². The second kappa shape index (κ2) is 4.03. The number of hydrogen-bond acceptors (Lipinski definition) is 2. The van der Waals surface area contributed by atoms with Crippen LogP contribution in [-0.2, 0) is 6.54 Å². The zero-order valence-electron chi connectivity index (χ0n) is 6.40. The summed E-state index contributed by atoms with van der Waals surface area (Å²) in [6.45, 7) is 0.989. The fourth-order valence-corrected chi connectivity index (χ4v) is 3.63. The van der Waals surface area contributed by atoms with E-state index >= 15 is 0 Å². The van der Waals surface area contributed by atoms with Gasteiger partial charge in [-0.2, -0.15) is 0 Å². The summed E-state index contributed by atoms with van der Waals surface area (Å²) in [6.07, 6.45) is 0. The van der Waals surface area contributed by atoms with Gasteiger partial charge in [0.1, 0.15) is 0 Å². The van der Waals surface area contributed by atoms with Crippen molar-refractivity contribution in [3.63, 3.8) is 0 Å². The summed E-state index contributed by atoms with van der Waals surface area (Å²) >= 11 is 8.67. The zero-order valence-corrected chi connectivity index (χ0v) is 10.4. The first-order valence-corrected chi connectivity index (χ1v) is 5.58. The van der Waals surface area contributed by atoms with Crippen molar-refractivity contribution in [1.29, 1.82) is 0 Å². The van der Waals surface area contributed by atoms with Gasteiger partial charge in [-0.3, -0.25) is 0 Å². The van der Waals surface area contributed by atoms with Crippen LogP contribution in [0, 0.1) is 0 Å². The second-order valence-corrected chi connectivity index (χ2v) is 6.34. The molecule has 0 atom stereocenters. The lowest BCUT2D eigenvalue weighted by Gasteiger charge is -2.07. The van der Waals surface area contributed by atoms with Crippen molar-refractivity contribution < 1.29 is 0 Å². The molecule has 0 fully saturated rings. The van der Waals surface area contributed by atoms with E-state index in [0.717, 1.165) is 6.54 Å². The molecule has 1 aromatic rings. The zero-order chi connectivity index (χ0) is 8.43. The van der Waals surface area contributed by atoms with Crippen molar-refractivity contribution >= 4 is 43.2 Å². The molecule has 0 unspecified atom stereocenters. The molecule has 1 aromatic heterocycles. The van der Waals surface area contributed by atoms with E-state index in [0.29, 0.717) is 0 Å². The van der Waals surface area contributed by atoms with Crippen molar-refractivity contribution in [2.75, 3.05) is 14.1 Å². The Bertz CT molecular complexity index is 245. The maximum Gasteiger partial charge on any atom is 0.0755 e. The Morgan fingerprint density at radius 3 is 2.45 bits per heavy atom. The maximum atomic E-state index is 3.51. The summed E-state index contributed by atoms with van der Waals surface area (Å²) in [5.41, 5.74) is 1.34. The third-order valence-electron chi connectivity index (χ3n) is 1.21. The highest BCUT2D eigenvalue weighted by Gasteiger charge is 2.04. The fourth-order valence-electron chi connectivity index (χ4n) is 0.823. The smallest absolute Gasteiger partial charge is 0.0755 e. The number of hydrogen-bond donors (Lipinski definition) is 0. The quantitative estimate of drug-likeness (QED) is 0.809. The predicted molar refractivity (Wildman–Crippen MR) is 57.1 cm³/mol. The van der Waals surface area contributed by atoms with Crippen molar-refractivity contribution in [2.24, 2.45) is 0 Å². The number of nitrogens with zero attached hydrogens (tertiary/aromatic N) is 1. The van der Waals surface area contributed by atoms with E-state index in [9.17, 15) is 0 Å². The van der Waals surface area contributed by atoms with Crippen molar-refractivity contribution in [1.82, 2.24) is 4.90 Å². The maximum absolute atomic E-state index is 3.51. The summed E-state index contributed by atoms with van der Waals surface area (Å²) in [4.78, 5) is 2.15. The average molecular weight is 299 g/mol. The Balaban J connectivity index is 2.77. The van der Waals surface area contributed by atoms with E-state index in [1.807, 2.05) is 0 Å². The molecular weight excluding hydrogens is 290 g/mol. The molecule has 0 N–H and O–H groups in total. The van der Waals surface area contributed by atoms with Gasteiger partial charge in [0.25, 0.3) is 0 Å². The van der Waals surface area contributed by atoms with Gasteiger partial charge in [-0.05, 0) is 57.6 Å². The number of rotatable bonds is 2. The van der Waals surface area contributed by atoms with Gasteiger partial charge >= 0.3 is 0 Å². The van der Waals surface area contributed by atoms with E-state index in [1.165, 1.54) is 13.1 Å². The van der Waals surface area contributed by atoms with Crippen LogP contribution in [0.2, 0.25) is 0 Å². The highest BCUT2D eigenvalue weighted by molar-refractivity contribution is 9.12. The first-order chi connectivity index (χ1) is 5.09. The molecular formula is C7H9Br2NS. The molecule has 1 heterocycles. The summed E-state index contributed by atoms with van der Waals surface area (Å²) < 4.78 is 2.40. The molecule has 0 aliphatic rings. The van der Waals surface area contributed by atoms with E-state index in [2.05, 4.69) is 56.9 Å². The summed E-state index contributed by atoms with van der Waals surface area (Å²) in [6, 6.07) is 2.15. The molecule has 62 valence electrons. The van der Waals surface area contributed by atoms with Crippen LogP contribution < -0.4 is 0 Å². The number of halogens is 2. The standard InChI is InChI=1S/C7H9Br2NS/c1-10(2)4-5-3-6(8)11-7(5)9/h3H,4H2,1-2H3. The molecule has 1 rings (SSSR count). The third-order valence-corrected chi connectivity index (χ3v) is 3.68. The molecule has 0 saturated heterocycles. The first kappa shape index (κ1) is 9.71. The highest BCUT2D eigenvalue weighted by atomic mass is 79.9. The largest absolute Gasteiger partial charge is 0.305 e. The lowest BCUT2D eigenvalue weighted by molar-refractivity contribution is 0.402. The SMILES string of the molecule is CN(C)Cc1cc(Br)sc1Br. The Kier molecular flexibility index (Phi) is 3.55. The molecule has 0 radical (unpaired) electrons. The van der Waals surface area contributed by atoms with Crippen molar-refractivity contribution in [2.45, 2.75) is 6.54 Å². The van der Waals surface area contributed by atoms with Crippen LogP contribution in [0.25, 0.3) is 0 Å². The minimum atomic E-state index is 0.989. The monoisotopic (exact) mass is 297 g/mol. The molecule has 0 saturated carbocycles. The van der Waals surface area contributed by atoms with E-state index < -0.39 is 0 Å². The Hall–Kier alpha value is 0.620. The first-order valence-electron chi connectivity index (χ1n) is 3.18. The fraction of sp³-hybridized carbons (Fsp3) is 0.429. The minimum Gasteiger partial charge on any atom is -0.305 e. The molecule has 0 amide bonds. The van der Waals surface area contributed by atoms with Crippen molar-refractivity contribution in [3.05, 3.63) is 19.2 Å². The van der Waals surface area contributed by atoms with Gasteiger partial charge in [0, 0.05) is 6.54 Å². The minimum absolute atomic E-state index is 0.989. The second-order valence-electron chi connectivity index (χ2n) is 2.59. The third kappa shape index (κ3) is 2.86. The Labute approximate surface area is 87.7 Å². The molecule has 0 aliphatic heterocycles. The lowest BCUT2D eigenvalue weighted by Crippen LogP contribution is -2.09. The van der Waals surface area contributed by atoms with Crippen LogP contribution >= 0.6 is 43.2 Å². The van der Waals surface area contributed by atoms with Crippen LogP contribution in [0.4, 0.5) is 0 Å². The van der Waals surface area contributed by atoms with Crippen LogP contribution in [0.3, 0.4) is 0 Å². The lowest BCUT2D eigenvalue weighted by atomic mass is 10.3. The van der Waals surface area contributed by atoms with Gasteiger partial charge in [-0.25, -0.2) is 0 Å². The number of thiophene rings is 1. The normalized spacial score (nSPS) is 11.0. The molecule has 1 nitrogen and oxygen atoms in total.